The number of hydrogen-bond donors (Lipinski definition) is 2. The summed E-state index contributed by atoms with van der Waals surface area (Å²) in [7, 11) is 0. The van der Waals surface area contributed by atoms with E-state index in [0.717, 1.165) is 27.6 Å². The third kappa shape index (κ3) is 5.15. The first-order valence-electron chi connectivity index (χ1n) is 11.0. The Morgan fingerprint density at radius 2 is 1.74 bits per heavy atom. The van der Waals surface area contributed by atoms with Gasteiger partial charge in [-0.2, -0.15) is 0 Å². The Morgan fingerprint density at radius 1 is 0.971 bits per heavy atom. The number of ketones is 1. The molecule has 4 aromatic rings. The second kappa shape index (κ2) is 10.0. The third-order valence-corrected chi connectivity index (χ3v) is 5.64. The summed E-state index contributed by atoms with van der Waals surface area (Å²) in [6.45, 7) is 6.27. The number of fused-ring (bicyclic) bond motifs is 1. The van der Waals surface area contributed by atoms with Crippen molar-refractivity contribution in [3.63, 3.8) is 0 Å². The Labute approximate surface area is 198 Å². The summed E-state index contributed by atoms with van der Waals surface area (Å²) in [6, 6.07) is 25.3. The van der Waals surface area contributed by atoms with Gasteiger partial charge < -0.3 is 15.0 Å². The minimum atomic E-state index is -0.938. The monoisotopic (exact) mass is 450 g/mol. The van der Waals surface area contributed by atoms with E-state index < -0.39 is 5.97 Å². The Hall–Kier alpha value is -4.38. The highest BCUT2D eigenvalue weighted by Gasteiger charge is 2.16. The standard InChI is InChI=1S/C29H26N2O3/c1-20-12-14-23(15-13-20)29(34)27-18-25-9-3-4-11-26(25)31(27)16-6-8-22-7-5-10-24(17-22)21(2)30-19-28(32)33/h3-15,17-18,30H,2,16,19H2,1H3,(H,32,33)/b8-6+. The second-order valence-electron chi connectivity index (χ2n) is 8.15. The van der Waals surface area contributed by atoms with Gasteiger partial charge in [-0.3, -0.25) is 9.59 Å². The van der Waals surface area contributed by atoms with E-state index in [-0.39, 0.29) is 12.3 Å². The minimum Gasteiger partial charge on any atom is -0.480 e. The summed E-state index contributed by atoms with van der Waals surface area (Å²) < 4.78 is 2.03. The molecule has 0 aliphatic carbocycles. The van der Waals surface area contributed by atoms with Crippen LogP contribution in [0.3, 0.4) is 0 Å². The Bertz CT molecular complexity index is 1390. The third-order valence-electron chi connectivity index (χ3n) is 5.64. The van der Waals surface area contributed by atoms with E-state index in [1.165, 1.54) is 0 Å². The van der Waals surface area contributed by atoms with Crippen molar-refractivity contribution in [3.8, 4) is 0 Å². The van der Waals surface area contributed by atoms with Crippen LogP contribution >= 0.6 is 0 Å². The lowest BCUT2D eigenvalue weighted by Crippen LogP contribution is -2.20. The van der Waals surface area contributed by atoms with Gasteiger partial charge in [0.25, 0.3) is 0 Å². The zero-order valence-corrected chi connectivity index (χ0v) is 19.0. The van der Waals surface area contributed by atoms with Crippen molar-refractivity contribution in [1.82, 2.24) is 9.88 Å². The molecule has 5 heteroatoms. The van der Waals surface area contributed by atoms with Crippen LogP contribution in [0.15, 0.2) is 91.5 Å². The van der Waals surface area contributed by atoms with Crippen molar-refractivity contribution in [2.45, 2.75) is 13.5 Å². The van der Waals surface area contributed by atoms with Gasteiger partial charge in [0.15, 0.2) is 0 Å². The summed E-state index contributed by atoms with van der Waals surface area (Å²) in [6.07, 6.45) is 4.01. The van der Waals surface area contributed by atoms with Crippen LogP contribution in [-0.4, -0.2) is 28.0 Å². The predicted octanol–water partition coefficient (Wildman–Crippen LogP) is 5.54. The van der Waals surface area contributed by atoms with Crippen LogP contribution in [0, 0.1) is 6.92 Å². The molecule has 3 aromatic carbocycles. The summed E-state index contributed by atoms with van der Waals surface area (Å²) in [4.78, 5) is 24.1. The first kappa shape index (κ1) is 22.8. The van der Waals surface area contributed by atoms with Crippen molar-refractivity contribution in [3.05, 3.63) is 119 Å². The first-order valence-corrected chi connectivity index (χ1v) is 11.0. The number of aliphatic carboxylic acids is 1. The number of aryl methyl sites for hydroxylation is 1. The number of hydrogen-bond acceptors (Lipinski definition) is 3. The topological polar surface area (TPSA) is 71.3 Å². The number of para-hydroxylation sites is 1. The number of nitrogens with one attached hydrogen (secondary N) is 1. The Morgan fingerprint density at radius 3 is 2.50 bits per heavy atom. The molecule has 34 heavy (non-hydrogen) atoms. The van der Waals surface area contributed by atoms with Crippen LogP contribution in [0.5, 0.6) is 0 Å². The molecule has 0 saturated carbocycles. The maximum atomic E-state index is 13.3. The van der Waals surface area contributed by atoms with Crippen molar-refractivity contribution in [2.24, 2.45) is 0 Å². The summed E-state index contributed by atoms with van der Waals surface area (Å²) in [5.74, 6) is -0.945. The first-order chi connectivity index (χ1) is 16.4. The van der Waals surface area contributed by atoms with Crippen molar-refractivity contribution in [1.29, 1.82) is 0 Å². The van der Waals surface area contributed by atoms with E-state index in [1.807, 2.05) is 103 Å². The number of rotatable bonds is 9. The minimum absolute atomic E-state index is 0.00704. The molecule has 0 atom stereocenters. The summed E-state index contributed by atoms with van der Waals surface area (Å²) >= 11 is 0. The smallest absolute Gasteiger partial charge is 0.322 e. The number of carbonyl (C=O) groups excluding carboxylic acids is 1. The highest BCUT2D eigenvalue weighted by atomic mass is 16.4. The molecule has 2 N–H and O–H groups in total. The van der Waals surface area contributed by atoms with Gasteiger partial charge in [0.05, 0.1) is 5.69 Å². The molecule has 0 fully saturated rings. The SMILES string of the molecule is C=C(NCC(=O)O)c1cccc(/C=C/Cn2c(C(=O)c3ccc(C)cc3)cc3ccccc32)c1. The molecule has 170 valence electrons. The molecule has 0 aliphatic rings. The zero-order chi connectivity index (χ0) is 24.1. The van der Waals surface area contributed by atoms with Gasteiger partial charge in [-0.25, -0.2) is 0 Å². The summed E-state index contributed by atoms with van der Waals surface area (Å²) in [5, 5.41) is 12.7. The fourth-order valence-corrected chi connectivity index (χ4v) is 3.86. The fourth-order valence-electron chi connectivity index (χ4n) is 3.86. The fraction of sp³-hybridized carbons (Fsp3) is 0.103. The average Bonchev–Trinajstić information content (AvgIpc) is 3.21. The number of benzene rings is 3. The van der Waals surface area contributed by atoms with Crippen molar-refractivity contribution in [2.75, 3.05) is 6.54 Å². The van der Waals surface area contributed by atoms with Gasteiger partial charge in [-0.15, -0.1) is 0 Å². The number of nitrogens with zero attached hydrogens (tertiary/aromatic N) is 1. The molecular formula is C29H26N2O3. The van der Waals surface area contributed by atoms with Crippen LogP contribution in [0.25, 0.3) is 22.7 Å². The van der Waals surface area contributed by atoms with Gasteiger partial charge in [-0.1, -0.05) is 85.0 Å². The number of carboxylic acids is 1. The van der Waals surface area contributed by atoms with E-state index in [9.17, 15) is 9.59 Å². The number of carbonyl (C=O) groups is 2. The molecule has 0 unspecified atom stereocenters. The molecule has 5 nitrogen and oxygen atoms in total. The number of allylic oxidation sites excluding steroid dienone is 1. The van der Waals surface area contributed by atoms with Crippen LogP contribution in [0.2, 0.25) is 0 Å². The number of carboxylic acid groups (broad SMARTS) is 1. The largest absolute Gasteiger partial charge is 0.480 e. The van der Waals surface area contributed by atoms with Crippen LogP contribution in [0.1, 0.15) is 32.7 Å². The highest BCUT2D eigenvalue weighted by molar-refractivity contribution is 6.10. The van der Waals surface area contributed by atoms with E-state index in [4.69, 9.17) is 5.11 Å². The van der Waals surface area contributed by atoms with Crippen molar-refractivity contribution >= 4 is 34.4 Å². The molecule has 0 bridgehead atoms. The quantitative estimate of drug-likeness (QED) is 0.329. The predicted molar refractivity (Wildman–Crippen MR) is 137 cm³/mol. The lowest BCUT2D eigenvalue weighted by atomic mass is 10.1. The maximum Gasteiger partial charge on any atom is 0.322 e. The molecule has 4 rings (SSSR count). The van der Waals surface area contributed by atoms with E-state index in [1.54, 1.807) is 0 Å². The lowest BCUT2D eigenvalue weighted by Gasteiger charge is -2.09. The second-order valence-corrected chi connectivity index (χ2v) is 8.15. The lowest BCUT2D eigenvalue weighted by molar-refractivity contribution is -0.135. The van der Waals surface area contributed by atoms with Gasteiger partial charge >= 0.3 is 5.97 Å². The van der Waals surface area contributed by atoms with Crippen molar-refractivity contribution < 1.29 is 14.7 Å². The average molecular weight is 451 g/mol. The Kier molecular flexibility index (Phi) is 6.74. The van der Waals surface area contributed by atoms with E-state index in [2.05, 4.69) is 11.9 Å². The molecule has 0 saturated heterocycles. The summed E-state index contributed by atoms with van der Waals surface area (Å²) in [5.41, 5.74) is 5.77. The van der Waals surface area contributed by atoms with Crippen LogP contribution in [0.4, 0.5) is 0 Å². The van der Waals surface area contributed by atoms with Gasteiger partial charge in [0.2, 0.25) is 5.78 Å². The zero-order valence-electron chi connectivity index (χ0n) is 19.0. The van der Waals surface area contributed by atoms with Gasteiger partial charge in [0, 0.05) is 28.7 Å². The molecule has 1 heterocycles. The van der Waals surface area contributed by atoms with Crippen LogP contribution in [-0.2, 0) is 11.3 Å². The molecule has 0 amide bonds. The molecular weight excluding hydrogens is 424 g/mol. The van der Waals surface area contributed by atoms with E-state index in [0.29, 0.717) is 23.5 Å². The number of aromatic nitrogens is 1. The normalized spacial score (nSPS) is 11.1. The molecule has 0 spiro atoms. The molecule has 0 aliphatic heterocycles. The maximum absolute atomic E-state index is 13.3. The molecule has 1 aromatic heterocycles. The van der Waals surface area contributed by atoms with E-state index >= 15 is 0 Å². The van der Waals surface area contributed by atoms with Gasteiger partial charge in [0.1, 0.15) is 6.54 Å². The van der Waals surface area contributed by atoms with Gasteiger partial charge in [-0.05, 0) is 36.2 Å². The molecule has 0 radical (unpaired) electrons. The van der Waals surface area contributed by atoms with Crippen LogP contribution < -0.4 is 5.32 Å². The highest BCUT2D eigenvalue weighted by Crippen LogP contribution is 2.23. The Balaban J connectivity index is 1.59.